The molecule has 1 aromatic rings. The number of benzene rings is 1. The lowest BCUT2D eigenvalue weighted by Gasteiger charge is -2.24. The maximum atomic E-state index is 12.9. The molecule has 0 aliphatic carbocycles. The van der Waals surface area contributed by atoms with Crippen LogP contribution in [0.15, 0.2) is 29.3 Å². The molecule has 0 radical (unpaired) electrons. The molecule has 4 nitrogen and oxygen atoms in total. The van der Waals surface area contributed by atoms with Crippen LogP contribution >= 0.6 is 0 Å². The smallest absolute Gasteiger partial charge is 0.191 e. The average Bonchev–Trinajstić information content (AvgIpc) is 2.91. The summed E-state index contributed by atoms with van der Waals surface area (Å²) in [7, 11) is 0. The Morgan fingerprint density at radius 2 is 2.10 bits per heavy atom. The minimum absolute atomic E-state index is 0.105. The zero-order chi connectivity index (χ0) is 15.1. The molecular weight excluding hydrogens is 269 g/mol. The molecule has 1 aromatic carbocycles. The van der Waals surface area contributed by atoms with Crippen molar-refractivity contribution in [1.29, 1.82) is 0 Å². The fourth-order valence-corrected chi connectivity index (χ4v) is 2.35. The third-order valence-electron chi connectivity index (χ3n) is 3.61. The van der Waals surface area contributed by atoms with Gasteiger partial charge in [-0.3, -0.25) is 0 Å². The summed E-state index contributed by atoms with van der Waals surface area (Å²) in [5, 5.41) is 6.54. The molecular formula is C16H24FN3O. The number of nitrogens with zero attached hydrogens (tertiary/aromatic N) is 1. The average molecular weight is 293 g/mol. The van der Waals surface area contributed by atoms with E-state index in [1.54, 1.807) is 12.1 Å². The summed E-state index contributed by atoms with van der Waals surface area (Å²) in [5.74, 6) is 0.539. The zero-order valence-corrected chi connectivity index (χ0v) is 12.8. The van der Waals surface area contributed by atoms with E-state index in [4.69, 9.17) is 4.74 Å². The molecule has 1 unspecified atom stereocenters. The van der Waals surface area contributed by atoms with Crippen molar-refractivity contribution in [1.82, 2.24) is 10.6 Å². The Hall–Kier alpha value is -1.62. The lowest BCUT2D eigenvalue weighted by Crippen LogP contribution is -2.45. The number of hydrogen-bond acceptors (Lipinski definition) is 2. The van der Waals surface area contributed by atoms with Crippen molar-refractivity contribution in [2.24, 2.45) is 4.99 Å². The maximum absolute atomic E-state index is 12.9. The molecule has 2 rings (SSSR count). The van der Waals surface area contributed by atoms with Crippen LogP contribution in [0.1, 0.15) is 32.3 Å². The van der Waals surface area contributed by atoms with E-state index < -0.39 is 0 Å². The molecule has 1 heterocycles. The Kier molecular flexibility index (Phi) is 5.56. The van der Waals surface area contributed by atoms with E-state index in [9.17, 15) is 4.39 Å². The monoisotopic (exact) mass is 293 g/mol. The molecule has 0 spiro atoms. The maximum Gasteiger partial charge on any atom is 0.191 e. The van der Waals surface area contributed by atoms with E-state index in [1.165, 1.54) is 12.1 Å². The number of rotatable bonds is 5. The van der Waals surface area contributed by atoms with Crippen molar-refractivity contribution in [2.45, 2.75) is 38.8 Å². The molecule has 0 saturated carbocycles. The Labute approximate surface area is 125 Å². The lowest BCUT2D eigenvalue weighted by atomic mass is 10.0. The van der Waals surface area contributed by atoms with E-state index in [1.807, 2.05) is 6.92 Å². The van der Waals surface area contributed by atoms with Gasteiger partial charge in [-0.05, 0) is 44.4 Å². The molecule has 116 valence electrons. The predicted octanol–water partition coefficient (Wildman–Crippen LogP) is 2.45. The highest BCUT2D eigenvalue weighted by molar-refractivity contribution is 5.79. The van der Waals surface area contributed by atoms with Gasteiger partial charge in [0.15, 0.2) is 5.96 Å². The fraction of sp³-hybridized carbons (Fsp3) is 0.562. The summed E-state index contributed by atoms with van der Waals surface area (Å²) in [6.07, 6.45) is 2.18. The second kappa shape index (κ2) is 7.41. The highest BCUT2D eigenvalue weighted by atomic mass is 19.1. The van der Waals surface area contributed by atoms with E-state index >= 15 is 0 Å². The molecule has 5 heteroatoms. The van der Waals surface area contributed by atoms with Gasteiger partial charge in [0, 0.05) is 19.7 Å². The van der Waals surface area contributed by atoms with Gasteiger partial charge in [0.1, 0.15) is 5.82 Å². The van der Waals surface area contributed by atoms with Gasteiger partial charge in [0.05, 0.1) is 12.1 Å². The van der Waals surface area contributed by atoms with Crippen molar-refractivity contribution in [3.05, 3.63) is 35.6 Å². The number of ether oxygens (including phenoxy) is 1. The minimum atomic E-state index is -0.223. The predicted molar refractivity (Wildman–Crippen MR) is 82.8 cm³/mol. The van der Waals surface area contributed by atoms with Gasteiger partial charge in [0.2, 0.25) is 0 Å². The largest absolute Gasteiger partial charge is 0.373 e. The minimum Gasteiger partial charge on any atom is -0.373 e. The summed E-state index contributed by atoms with van der Waals surface area (Å²) >= 11 is 0. The van der Waals surface area contributed by atoms with Gasteiger partial charge in [-0.15, -0.1) is 0 Å². The molecule has 0 aromatic heterocycles. The SMILES string of the molecule is CCNC(=NCc1ccc(F)cc1)NCC1(C)CCCO1. The van der Waals surface area contributed by atoms with Crippen LogP contribution in [0.25, 0.3) is 0 Å². The first-order valence-corrected chi connectivity index (χ1v) is 7.52. The van der Waals surface area contributed by atoms with Crippen LogP contribution in [0.5, 0.6) is 0 Å². The number of nitrogens with one attached hydrogen (secondary N) is 2. The molecule has 21 heavy (non-hydrogen) atoms. The second-order valence-electron chi connectivity index (χ2n) is 5.58. The van der Waals surface area contributed by atoms with Crippen molar-refractivity contribution in [3.63, 3.8) is 0 Å². The van der Waals surface area contributed by atoms with Crippen molar-refractivity contribution >= 4 is 5.96 Å². The van der Waals surface area contributed by atoms with Gasteiger partial charge < -0.3 is 15.4 Å². The van der Waals surface area contributed by atoms with Crippen LogP contribution in [0.2, 0.25) is 0 Å². The van der Waals surface area contributed by atoms with Gasteiger partial charge in [-0.25, -0.2) is 9.38 Å². The first-order valence-electron chi connectivity index (χ1n) is 7.52. The van der Waals surface area contributed by atoms with E-state index in [-0.39, 0.29) is 11.4 Å². The number of aliphatic imine (C=N–C) groups is 1. The van der Waals surface area contributed by atoms with Crippen LogP contribution in [-0.4, -0.2) is 31.3 Å². The Bertz CT molecular complexity index is 467. The molecule has 1 atom stereocenters. The standard InChI is InChI=1S/C16H24FN3O/c1-3-18-15(20-12-16(2)9-4-10-21-16)19-11-13-5-7-14(17)8-6-13/h5-8H,3-4,9-12H2,1-2H3,(H2,18,19,20). The van der Waals surface area contributed by atoms with Gasteiger partial charge in [-0.2, -0.15) is 0 Å². The summed E-state index contributed by atoms with van der Waals surface area (Å²) < 4.78 is 18.6. The molecule has 0 amide bonds. The molecule has 1 aliphatic heterocycles. The van der Waals surface area contributed by atoms with Crippen LogP contribution in [0.3, 0.4) is 0 Å². The van der Waals surface area contributed by atoms with Gasteiger partial charge >= 0.3 is 0 Å². The number of halogens is 1. The first-order chi connectivity index (χ1) is 10.1. The summed E-state index contributed by atoms with van der Waals surface area (Å²) in [6.45, 7) is 7.04. The normalized spacial score (nSPS) is 22.3. The zero-order valence-electron chi connectivity index (χ0n) is 12.8. The van der Waals surface area contributed by atoms with E-state index in [0.717, 1.165) is 44.1 Å². The third kappa shape index (κ3) is 5.01. The third-order valence-corrected chi connectivity index (χ3v) is 3.61. The Morgan fingerprint density at radius 1 is 1.33 bits per heavy atom. The Balaban J connectivity index is 1.90. The number of guanidine groups is 1. The molecule has 0 bridgehead atoms. The fourth-order valence-electron chi connectivity index (χ4n) is 2.35. The van der Waals surface area contributed by atoms with E-state index in [2.05, 4.69) is 22.5 Å². The van der Waals surface area contributed by atoms with Crippen molar-refractivity contribution < 1.29 is 9.13 Å². The molecule has 1 saturated heterocycles. The highest BCUT2D eigenvalue weighted by Crippen LogP contribution is 2.23. The molecule has 2 N–H and O–H groups in total. The molecule has 1 fully saturated rings. The van der Waals surface area contributed by atoms with Crippen LogP contribution < -0.4 is 10.6 Å². The summed E-state index contributed by atoms with van der Waals surface area (Å²) in [6, 6.07) is 6.42. The van der Waals surface area contributed by atoms with Crippen LogP contribution in [0, 0.1) is 5.82 Å². The van der Waals surface area contributed by atoms with Crippen molar-refractivity contribution in [2.75, 3.05) is 19.7 Å². The number of hydrogen-bond donors (Lipinski definition) is 2. The Morgan fingerprint density at radius 3 is 2.71 bits per heavy atom. The van der Waals surface area contributed by atoms with Crippen LogP contribution in [-0.2, 0) is 11.3 Å². The van der Waals surface area contributed by atoms with Crippen molar-refractivity contribution in [3.8, 4) is 0 Å². The van der Waals surface area contributed by atoms with E-state index in [0.29, 0.717) is 6.54 Å². The lowest BCUT2D eigenvalue weighted by molar-refractivity contribution is 0.0243. The summed E-state index contributed by atoms with van der Waals surface area (Å²) in [5.41, 5.74) is 0.878. The van der Waals surface area contributed by atoms with Gasteiger partial charge in [0.25, 0.3) is 0 Å². The topological polar surface area (TPSA) is 45.7 Å². The highest BCUT2D eigenvalue weighted by Gasteiger charge is 2.29. The molecule has 1 aliphatic rings. The second-order valence-corrected chi connectivity index (χ2v) is 5.58. The summed E-state index contributed by atoms with van der Waals surface area (Å²) in [4.78, 5) is 4.52. The van der Waals surface area contributed by atoms with Crippen LogP contribution in [0.4, 0.5) is 4.39 Å². The quantitative estimate of drug-likeness (QED) is 0.647. The van der Waals surface area contributed by atoms with Gasteiger partial charge in [-0.1, -0.05) is 12.1 Å². The first kappa shape index (κ1) is 15.8.